The number of nitrogens with two attached hydrogens (primary N) is 2. The molecule has 2 aromatic carbocycles. The van der Waals surface area contributed by atoms with E-state index >= 15 is 0 Å². The SMILES string of the molecule is CC(C)(C)NC(=O)[C@@H](c1ccc(Cl)cc1)N(Cc1ccc(F)cc1)C(=O)c1snc(C(N)=O)c1N. The fraction of sp³-hybridized carbons (Fsp3) is 0.250. The van der Waals surface area contributed by atoms with Crippen molar-refractivity contribution in [3.05, 3.63) is 81.1 Å². The Morgan fingerprint density at radius 1 is 1.11 bits per heavy atom. The topological polar surface area (TPSA) is 131 Å². The number of halogens is 2. The van der Waals surface area contributed by atoms with Gasteiger partial charge < -0.3 is 21.7 Å². The molecule has 1 heterocycles. The predicted molar refractivity (Wildman–Crippen MR) is 133 cm³/mol. The van der Waals surface area contributed by atoms with E-state index in [1.165, 1.54) is 29.2 Å². The summed E-state index contributed by atoms with van der Waals surface area (Å²) in [6.45, 7) is 5.38. The molecule has 1 aromatic heterocycles. The second-order valence-corrected chi connectivity index (χ2v) is 10.1. The van der Waals surface area contributed by atoms with Crippen molar-refractivity contribution in [3.63, 3.8) is 0 Å². The molecule has 5 N–H and O–H groups in total. The number of anilines is 1. The van der Waals surface area contributed by atoms with Gasteiger partial charge in [-0.05, 0) is 67.7 Å². The molecule has 3 rings (SSSR count). The number of rotatable bonds is 7. The quantitative estimate of drug-likeness (QED) is 0.437. The van der Waals surface area contributed by atoms with Gasteiger partial charge >= 0.3 is 0 Å². The normalized spacial score (nSPS) is 12.1. The average molecular weight is 518 g/mol. The summed E-state index contributed by atoms with van der Waals surface area (Å²) in [6.07, 6.45) is 0. The standard InChI is InChI=1S/C24H25ClFN5O3S/c1-24(2,3)29-22(33)19(14-6-8-15(25)9-7-14)31(12-13-4-10-16(26)11-5-13)23(34)20-17(27)18(21(28)32)30-35-20/h4-11,19H,12,27H2,1-3H3,(H2,28,32)(H,29,33)/t19-/m1/s1. The lowest BCUT2D eigenvalue weighted by Crippen LogP contribution is -2.49. The molecule has 0 fully saturated rings. The Morgan fingerprint density at radius 2 is 1.71 bits per heavy atom. The number of carbonyl (C=O) groups is 3. The summed E-state index contributed by atoms with van der Waals surface area (Å²) < 4.78 is 17.4. The van der Waals surface area contributed by atoms with Crippen LogP contribution in [0.4, 0.5) is 10.1 Å². The molecule has 0 aliphatic rings. The highest BCUT2D eigenvalue weighted by atomic mass is 35.5. The van der Waals surface area contributed by atoms with Crippen LogP contribution in [0.3, 0.4) is 0 Å². The van der Waals surface area contributed by atoms with Crippen molar-refractivity contribution in [2.75, 3.05) is 5.73 Å². The second kappa shape index (κ2) is 10.4. The molecular weight excluding hydrogens is 493 g/mol. The van der Waals surface area contributed by atoms with Gasteiger partial charge in [0.25, 0.3) is 11.8 Å². The van der Waals surface area contributed by atoms with Crippen molar-refractivity contribution in [1.29, 1.82) is 0 Å². The Morgan fingerprint density at radius 3 is 2.23 bits per heavy atom. The molecule has 0 aliphatic carbocycles. The maximum Gasteiger partial charge on any atom is 0.270 e. The van der Waals surface area contributed by atoms with Gasteiger partial charge in [-0.25, -0.2) is 4.39 Å². The zero-order valence-electron chi connectivity index (χ0n) is 19.3. The molecule has 1 atom stereocenters. The molecule has 0 radical (unpaired) electrons. The smallest absolute Gasteiger partial charge is 0.270 e. The molecule has 0 saturated carbocycles. The summed E-state index contributed by atoms with van der Waals surface area (Å²) in [5.41, 5.74) is 11.4. The zero-order valence-corrected chi connectivity index (χ0v) is 20.9. The maximum absolute atomic E-state index is 13.8. The Labute approximate surface area is 211 Å². The summed E-state index contributed by atoms with van der Waals surface area (Å²) in [5.74, 6) is -2.40. The lowest BCUT2D eigenvalue weighted by atomic mass is 10.0. The number of carbonyl (C=O) groups excluding carboxylic acids is 3. The molecule has 0 bridgehead atoms. The molecule has 0 saturated heterocycles. The first-order valence-corrected chi connectivity index (χ1v) is 11.7. The third-order valence-electron chi connectivity index (χ3n) is 4.93. The van der Waals surface area contributed by atoms with Crippen LogP contribution in [0.25, 0.3) is 0 Å². The number of hydrogen-bond acceptors (Lipinski definition) is 6. The summed E-state index contributed by atoms with van der Waals surface area (Å²) >= 11 is 6.77. The first-order chi connectivity index (χ1) is 16.4. The van der Waals surface area contributed by atoms with Gasteiger partial charge in [0, 0.05) is 17.1 Å². The molecule has 3 amide bonds. The van der Waals surface area contributed by atoms with Gasteiger partial charge in [-0.15, -0.1) is 0 Å². The van der Waals surface area contributed by atoms with E-state index in [9.17, 15) is 18.8 Å². The molecule has 0 unspecified atom stereocenters. The number of benzene rings is 2. The molecule has 8 nitrogen and oxygen atoms in total. The molecule has 0 spiro atoms. The number of nitrogen functional groups attached to an aromatic ring is 1. The van der Waals surface area contributed by atoms with Crippen LogP contribution in [0.5, 0.6) is 0 Å². The molecule has 11 heteroatoms. The lowest BCUT2D eigenvalue weighted by molar-refractivity contribution is -0.127. The van der Waals surface area contributed by atoms with E-state index in [-0.39, 0.29) is 22.8 Å². The number of nitrogens with zero attached hydrogens (tertiary/aromatic N) is 2. The van der Waals surface area contributed by atoms with E-state index in [1.54, 1.807) is 24.3 Å². The maximum atomic E-state index is 13.8. The van der Waals surface area contributed by atoms with E-state index in [4.69, 9.17) is 23.1 Å². The summed E-state index contributed by atoms with van der Waals surface area (Å²) in [7, 11) is 0. The predicted octanol–water partition coefficient (Wildman–Crippen LogP) is 3.92. The van der Waals surface area contributed by atoms with Gasteiger partial charge in [-0.3, -0.25) is 14.4 Å². The highest BCUT2D eigenvalue weighted by Crippen LogP contribution is 2.31. The highest BCUT2D eigenvalue weighted by Gasteiger charge is 2.36. The van der Waals surface area contributed by atoms with Crippen molar-refractivity contribution in [2.24, 2.45) is 5.73 Å². The number of primary amides is 1. The van der Waals surface area contributed by atoms with E-state index in [0.29, 0.717) is 27.7 Å². The second-order valence-electron chi connectivity index (χ2n) is 8.89. The van der Waals surface area contributed by atoms with Crippen LogP contribution in [0.15, 0.2) is 48.5 Å². The van der Waals surface area contributed by atoms with Crippen molar-refractivity contribution in [2.45, 2.75) is 38.9 Å². The molecule has 35 heavy (non-hydrogen) atoms. The van der Waals surface area contributed by atoms with Crippen LogP contribution in [0.1, 0.15) is 58.1 Å². The van der Waals surface area contributed by atoms with Crippen LogP contribution in [0.2, 0.25) is 5.02 Å². The van der Waals surface area contributed by atoms with Crippen LogP contribution >= 0.6 is 23.1 Å². The third-order valence-corrected chi connectivity index (χ3v) is 6.03. The Bertz CT molecular complexity index is 1240. The highest BCUT2D eigenvalue weighted by molar-refractivity contribution is 7.09. The van der Waals surface area contributed by atoms with Gasteiger partial charge in [0.15, 0.2) is 5.69 Å². The summed E-state index contributed by atoms with van der Waals surface area (Å²) in [5, 5.41) is 3.37. The van der Waals surface area contributed by atoms with Gasteiger partial charge in [0.2, 0.25) is 5.91 Å². The number of hydrogen-bond donors (Lipinski definition) is 3. The van der Waals surface area contributed by atoms with E-state index in [2.05, 4.69) is 9.69 Å². The number of amides is 3. The van der Waals surface area contributed by atoms with Crippen molar-refractivity contribution in [1.82, 2.24) is 14.6 Å². The zero-order chi connectivity index (χ0) is 25.9. The summed E-state index contributed by atoms with van der Waals surface area (Å²) in [4.78, 5) is 40.3. The first-order valence-electron chi connectivity index (χ1n) is 10.5. The van der Waals surface area contributed by atoms with Gasteiger partial charge in [0.1, 0.15) is 16.7 Å². The van der Waals surface area contributed by atoms with Crippen molar-refractivity contribution < 1.29 is 18.8 Å². The van der Waals surface area contributed by atoms with Gasteiger partial charge in [0.05, 0.1) is 5.69 Å². The van der Waals surface area contributed by atoms with E-state index in [1.807, 2.05) is 20.8 Å². The fourth-order valence-corrected chi connectivity index (χ4v) is 4.27. The van der Waals surface area contributed by atoms with Crippen LogP contribution < -0.4 is 16.8 Å². The first kappa shape index (κ1) is 26.1. The average Bonchev–Trinajstić information content (AvgIpc) is 3.16. The Hall–Kier alpha value is -3.50. The monoisotopic (exact) mass is 517 g/mol. The third kappa shape index (κ3) is 6.34. The summed E-state index contributed by atoms with van der Waals surface area (Å²) in [6, 6.07) is 11.0. The van der Waals surface area contributed by atoms with Crippen LogP contribution in [-0.2, 0) is 11.3 Å². The Balaban J connectivity index is 2.15. The lowest BCUT2D eigenvalue weighted by Gasteiger charge is -2.33. The van der Waals surface area contributed by atoms with Gasteiger partial charge in [-0.1, -0.05) is 35.9 Å². The largest absolute Gasteiger partial charge is 0.395 e. The molecule has 0 aliphatic heterocycles. The van der Waals surface area contributed by atoms with Crippen LogP contribution in [0, 0.1) is 5.82 Å². The number of aromatic nitrogens is 1. The van der Waals surface area contributed by atoms with Crippen molar-refractivity contribution >= 4 is 46.5 Å². The fourth-order valence-electron chi connectivity index (χ4n) is 3.38. The van der Waals surface area contributed by atoms with Crippen molar-refractivity contribution in [3.8, 4) is 0 Å². The molecule has 184 valence electrons. The minimum atomic E-state index is -1.11. The minimum Gasteiger partial charge on any atom is -0.395 e. The molecule has 3 aromatic rings. The van der Waals surface area contributed by atoms with E-state index in [0.717, 1.165) is 0 Å². The van der Waals surface area contributed by atoms with Crippen LogP contribution in [-0.4, -0.2) is 32.5 Å². The minimum absolute atomic E-state index is 0.0385. The number of nitrogens with one attached hydrogen (secondary N) is 1. The van der Waals surface area contributed by atoms with Gasteiger partial charge in [-0.2, -0.15) is 4.37 Å². The van der Waals surface area contributed by atoms with E-state index < -0.39 is 35.1 Å². The Kier molecular flexibility index (Phi) is 7.76. The molecular formula is C24H25ClFN5O3S.